The molecule has 1 unspecified atom stereocenters. The van der Waals surface area contributed by atoms with Crippen LogP contribution in [0, 0.1) is 5.92 Å². The number of carbonyl (C=O) groups is 1. The summed E-state index contributed by atoms with van der Waals surface area (Å²) in [6.07, 6.45) is 2.04. The van der Waals surface area contributed by atoms with E-state index in [4.69, 9.17) is 9.47 Å². The van der Waals surface area contributed by atoms with Crippen molar-refractivity contribution < 1.29 is 14.3 Å². The van der Waals surface area contributed by atoms with Crippen molar-refractivity contribution in [3.63, 3.8) is 0 Å². The molecule has 0 aromatic heterocycles. The SMILES string of the molecule is O=C(NCc1ccc2c(c1)OCCO2)C1CCCNC1. The van der Waals surface area contributed by atoms with Crippen LogP contribution in [0.2, 0.25) is 0 Å². The van der Waals surface area contributed by atoms with Gasteiger partial charge in [-0.1, -0.05) is 6.07 Å². The van der Waals surface area contributed by atoms with E-state index in [1.165, 1.54) is 0 Å². The fourth-order valence-electron chi connectivity index (χ4n) is 2.61. The number of hydrogen-bond donors (Lipinski definition) is 2. The summed E-state index contributed by atoms with van der Waals surface area (Å²) in [5.41, 5.74) is 1.03. The van der Waals surface area contributed by atoms with Crippen molar-refractivity contribution in [1.82, 2.24) is 10.6 Å². The average molecular weight is 276 g/mol. The average Bonchev–Trinajstić information content (AvgIpc) is 2.53. The molecule has 2 aliphatic heterocycles. The third-order valence-corrected chi connectivity index (χ3v) is 3.74. The van der Waals surface area contributed by atoms with Gasteiger partial charge in [0, 0.05) is 13.1 Å². The summed E-state index contributed by atoms with van der Waals surface area (Å²) < 4.78 is 11.0. The minimum atomic E-state index is 0.0981. The number of piperidine rings is 1. The first-order chi connectivity index (χ1) is 9.83. The van der Waals surface area contributed by atoms with Crippen LogP contribution >= 0.6 is 0 Å². The van der Waals surface area contributed by atoms with E-state index in [2.05, 4.69) is 10.6 Å². The zero-order valence-electron chi connectivity index (χ0n) is 11.5. The van der Waals surface area contributed by atoms with Gasteiger partial charge in [-0.05, 0) is 37.1 Å². The number of benzene rings is 1. The standard InChI is InChI=1S/C15H20N2O3/c18-15(12-2-1-5-16-10-12)17-9-11-3-4-13-14(8-11)20-7-6-19-13/h3-4,8,12,16H,1-2,5-7,9-10H2,(H,17,18). The highest BCUT2D eigenvalue weighted by Gasteiger charge is 2.20. The highest BCUT2D eigenvalue weighted by Crippen LogP contribution is 2.30. The molecule has 0 saturated carbocycles. The molecule has 5 heteroatoms. The second-order valence-electron chi connectivity index (χ2n) is 5.24. The van der Waals surface area contributed by atoms with Gasteiger partial charge in [0.2, 0.25) is 5.91 Å². The van der Waals surface area contributed by atoms with E-state index in [0.29, 0.717) is 19.8 Å². The van der Waals surface area contributed by atoms with Crippen LogP contribution < -0.4 is 20.1 Å². The van der Waals surface area contributed by atoms with E-state index >= 15 is 0 Å². The molecule has 1 aromatic carbocycles. The molecule has 1 amide bonds. The second kappa shape index (κ2) is 6.13. The van der Waals surface area contributed by atoms with Crippen LogP contribution in [0.5, 0.6) is 11.5 Å². The lowest BCUT2D eigenvalue weighted by Gasteiger charge is -2.22. The minimum absolute atomic E-state index is 0.0981. The fraction of sp³-hybridized carbons (Fsp3) is 0.533. The van der Waals surface area contributed by atoms with Crippen LogP contribution in [0.15, 0.2) is 18.2 Å². The third kappa shape index (κ3) is 3.04. The molecular weight excluding hydrogens is 256 g/mol. The van der Waals surface area contributed by atoms with Crippen LogP contribution in [-0.4, -0.2) is 32.2 Å². The monoisotopic (exact) mass is 276 g/mol. The van der Waals surface area contributed by atoms with Gasteiger partial charge < -0.3 is 20.1 Å². The summed E-state index contributed by atoms with van der Waals surface area (Å²) in [5, 5.41) is 6.26. The van der Waals surface area contributed by atoms with Crippen molar-refractivity contribution in [1.29, 1.82) is 0 Å². The molecule has 1 saturated heterocycles. The molecule has 0 bridgehead atoms. The first-order valence-corrected chi connectivity index (χ1v) is 7.20. The number of amides is 1. The summed E-state index contributed by atoms with van der Waals surface area (Å²) in [4.78, 5) is 12.1. The van der Waals surface area contributed by atoms with Gasteiger partial charge in [-0.25, -0.2) is 0 Å². The molecule has 108 valence electrons. The van der Waals surface area contributed by atoms with Gasteiger partial charge in [-0.2, -0.15) is 0 Å². The molecular formula is C15H20N2O3. The lowest BCUT2D eigenvalue weighted by molar-refractivity contribution is -0.125. The van der Waals surface area contributed by atoms with Gasteiger partial charge in [0.15, 0.2) is 11.5 Å². The maximum atomic E-state index is 12.1. The molecule has 0 spiro atoms. The lowest BCUT2D eigenvalue weighted by Crippen LogP contribution is -2.40. The Morgan fingerprint density at radius 1 is 1.30 bits per heavy atom. The smallest absolute Gasteiger partial charge is 0.224 e. The molecule has 3 rings (SSSR count). The van der Waals surface area contributed by atoms with Crippen molar-refractivity contribution in [2.24, 2.45) is 5.92 Å². The summed E-state index contributed by atoms with van der Waals surface area (Å²) in [6, 6.07) is 5.80. The zero-order chi connectivity index (χ0) is 13.8. The van der Waals surface area contributed by atoms with Crippen molar-refractivity contribution in [3.8, 4) is 11.5 Å². The Morgan fingerprint density at radius 3 is 2.95 bits per heavy atom. The number of fused-ring (bicyclic) bond motifs is 1. The van der Waals surface area contributed by atoms with E-state index in [1.54, 1.807) is 0 Å². The molecule has 0 radical (unpaired) electrons. The summed E-state index contributed by atoms with van der Waals surface area (Å²) in [7, 11) is 0. The molecule has 2 N–H and O–H groups in total. The highest BCUT2D eigenvalue weighted by atomic mass is 16.6. The lowest BCUT2D eigenvalue weighted by atomic mass is 9.99. The maximum Gasteiger partial charge on any atom is 0.224 e. The largest absolute Gasteiger partial charge is 0.486 e. The van der Waals surface area contributed by atoms with E-state index in [1.807, 2.05) is 18.2 Å². The van der Waals surface area contributed by atoms with Crippen molar-refractivity contribution in [2.75, 3.05) is 26.3 Å². The molecule has 1 fully saturated rings. The fourth-order valence-corrected chi connectivity index (χ4v) is 2.61. The Hall–Kier alpha value is -1.75. The first-order valence-electron chi connectivity index (χ1n) is 7.20. The number of ether oxygens (including phenoxy) is 2. The van der Waals surface area contributed by atoms with Gasteiger partial charge in [-0.15, -0.1) is 0 Å². The maximum absolute atomic E-state index is 12.1. The van der Waals surface area contributed by atoms with E-state index < -0.39 is 0 Å². The van der Waals surface area contributed by atoms with Crippen molar-refractivity contribution >= 4 is 5.91 Å². The van der Waals surface area contributed by atoms with E-state index in [-0.39, 0.29) is 11.8 Å². The predicted octanol–water partition coefficient (Wildman–Crippen LogP) is 1.07. The third-order valence-electron chi connectivity index (χ3n) is 3.74. The number of carbonyl (C=O) groups excluding carboxylic acids is 1. The molecule has 20 heavy (non-hydrogen) atoms. The van der Waals surface area contributed by atoms with Gasteiger partial charge in [0.1, 0.15) is 13.2 Å². The Morgan fingerprint density at radius 2 is 2.15 bits per heavy atom. The molecule has 1 aromatic rings. The van der Waals surface area contributed by atoms with Crippen LogP contribution in [-0.2, 0) is 11.3 Å². The molecule has 5 nitrogen and oxygen atoms in total. The summed E-state index contributed by atoms with van der Waals surface area (Å²) >= 11 is 0. The second-order valence-corrected chi connectivity index (χ2v) is 5.24. The summed E-state index contributed by atoms with van der Waals surface area (Å²) in [6.45, 7) is 3.51. The Labute approximate surface area is 118 Å². The van der Waals surface area contributed by atoms with Crippen LogP contribution in [0.1, 0.15) is 18.4 Å². The number of hydrogen-bond acceptors (Lipinski definition) is 4. The van der Waals surface area contributed by atoms with Crippen LogP contribution in [0.25, 0.3) is 0 Å². The van der Waals surface area contributed by atoms with Gasteiger partial charge >= 0.3 is 0 Å². The first kappa shape index (κ1) is 13.2. The van der Waals surface area contributed by atoms with Crippen LogP contribution in [0.4, 0.5) is 0 Å². The quantitative estimate of drug-likeness (QED) is 0.867. The highest BCUT2D eigenvalue weighted by molar-refractivity contribution is 5.79. The Kier molecular flexibility index (Phi) is 4.06. The van der Waals surface area contributed by atoms with Gasteiger partial charge in [0.05, 0.1) is 5.92 Å². The van der Waals surface area contributed by atoms with E-state index in [0.717, 1.165) is 43.0 Å². The van der Waals surface area contributed by atoms with Crippen molar-refractivity contribution in [2.45, 2.75) is 19.4 Å². The normalized spacial score (nSPS) is 21.3. The summed E-state index contributed by atoms with van der Waals surface area (Å²) in [5.74, 6) is 1.78. The van der Waals surface area contributed by atoms with E-state index in [9.17, 15) is 4.79 Å². The van der Waals surface area contributed by atoms with Gasteiger partial charge in [0.25, 0.3) is 0 Å². The predicted molar refractivity (Wildman–Crippen MR) is 74.9 cm³/mol. The number of rotatable bonds is 3. The molecule has 1 atom stereocenters. The zero-order valence-corrected chi connectivity index (χ0v) is 11.5. The molecule has 0 aliphatic carbocycles. The minimum Gasteiger partial charge on any atom is -0.486 e. The Balaban J connectivity index is 1.56. The Bertz CT molecular complexity index is 484. The molecule has 2 heterocycles. The van der Waals surface area contributed by atoms with Crippen molar-refractivity contribution in [3.05, 3.63) is 23.8 Å². The number of nitrogens with one attached hydrogen (secondary N) is 2. The van der Waals surface area contributed by atoms with Gasteiger partial charge in [-0.3, -0.25) is 4.79 Å². The topological polar surface area (TPSA) is 59.6 Å². The molecule has 2 aliphatic rings. The van der Waals surface area contributed by atoms with Crippen LogP contribution in [0.3, 0.4) is 0 Å².